The summed E-state index contributed by atoms with van der Waals surface area (Å²) in [5, 5.41) is 12.6. The number of carboxylic acids is 1. The summed E-state index contributed by atoms with van der Waals surface area (Å²) >= 11 is 0. The van der Waals surface area contributed by atoms with Gasteiger partial charge in [0.25, 0.3) is 5.91 Å². The number of nitrogens with one attached hydrogen (secondary N) is 1. The Morgan fingerprint density at radius 3 is 2.56 bits per heavy atom. The number of hydrogen-bond acceptors (Lipinski definition) is 4. The van der Waals surface area contributed by atoms with E-state index in [-0.39, 0.29) is 23.4 Å². The molecule has 2 atom stereocenters. The monoisotopic (exact) mass is 363 g/mol. The standard InChI is InChI=1S/C21H21N3O3/c1-2-16-19(17-9-8-14(10-22-17)21(26)27)15-11-24(12-18(15)23-16)20(25)13-6-4-3-5-7-13/h3-10,16,19,23H,2,11-12H2,1H3,(H,26,27). The van der Waals surface area contributed by atoms with Gasteiger partial charge >= 0.3 is 5.97 Å². The van der Waals surface area contributed by atoms with Gasteiger partial charge in [-0.3, -0.25) is 9.78 Å². The minimum atomic E-state index is -0.981. The molecular formula is C21H21N3O3. The zero-order valence-corrected chi connectivity index (χ0v) is 15.1. The van der Waals surface area contributed by atoms with Crippen LogP contribution in [0.5, 0.6) is 0 Å². The summed E-state index contributed by atoms with van der Waals surface area (Å²) in [6.45, 7) is 3.26. The minimum Gasteiger partial charge on any atom is -0.478 e. The molecule has 0 spiro atoms. The number of nitrogens with zero attached hydrogens (tertiary/aromatic N) is 2. The van der Waals surface area contributed by atoms with E-state index in [1.54, 1.807) is 12.1 Å². The number of rotatable bonds is 4. The predicted molar refractivity (Wildman–Crippen MR) is 101 cm³/mol. The van der Waals surface area contributed by atoms with Gasteiger partial charge in [-0.15, -0.1) is 0 Å². The molecule has 0 aliphatic carbocycles. The summed E-state index contributed by atoms with van der Waals surface area (Å²) in [6, 6.07) is 12.9. The van der Waals surface area contributed by atoms with Gasteiger partial charge < -0.3 is 15.3 Å². The number of amides is 1. The van der Waals surface area contributed by atoms with Crippen molar-refractivity contribution >= 4 is 11.9 Å². The first-order valence-electron chi connectivity index (χ1n) is 9.10. The summed E-state index contributed by atoms with van der Waals surface area (Å²) < 4.78 is 0. The van der Waals surface area contributed by atoms with Gasteiger partial charge in [-0.2, -0.15) is 0 Å². The van der Waals surface area contributed by atoms with Gasteiger partial charge in [-0.1, -0.05) is 25.1 Å². The van der Waals surface area contributed by atoms with Crippen LogP contribution in [0.25, 0.3) is 0 Å². The van der Waals surface area contributed by atoms with Crippen LogP contribution in [0.3, 0.4) is 0 Å². The second-order valence-corrected chi connectivity index (χ2v) is 6.94. The lowest BCUT2D eigenvalue weighted by atomic mass is 9.89. The second-order valence-electron chi connectivity index (χ2n) is 6.94. The molecule has 0 bridgehead atoms. The van der Waals surface area contributed by atoms with Crippen LogP contribution in [-0.4, -0.2) is 46.0 Å². The molecule has 0 saturated heterocycles. The molecular weight excluding hydrogens is 342 g/mol. The molecule has 6 nitrogen and oxygen atoms in total. The maximum Gasteiger partial charge on any atom is 0.337 e. The van der Waals surface area contributed by atoms with Gasteiger partial charge in [-0.05, 0) is 36.3 Å². The van der Waals surface area contributed by atoms with Gasteiger partial charge in [0.2, 0.25) is 0 Å². The first-order valence-corrected chi connectivity index (χ1v) is 9.10. The molecule has 1 aromatic heterocycles. The van der Waals surface area contributed by atoms with E-state index in [2.05, 4.69) is 17.2 Å². The van der Waals surface area contributed by atoms with Crippen molar-refractivity contribution in [2.45, 2.75) is 25.3 Å². The number of aromatic nitrogens is 1. The SMILES string of the molecule is CCC1NC2=C(CN(C(=O)c3ccccc3)C2)C1c1ccc(C(=O)O)cn1. The molecule has 0 radical (unpaired) electrons. The fourth-order valence-corrected chi connectivity index (χ4v) is 3.97. The zero-order valence-electron chi connectivity index (χ0n) is 15.1. The molecule has 0 saturated carbocycles. The summed E-state index contributed by atoms with van der Waals surface area (Å²) in [7, 11) is 0. The van der Waals surface area contributed by atoms with E-state index in [9.17, 15) is 9.59 Å². The van der Waals surface area contributed by atoms with Crippen molar-refractivity contribution in [2.24, 2.45) is 0 Å². The zero-order chi connectivity index (χ0) is 19.0. The summed E-state index contributed by atoms with van der Waals surface area (Å²) in [5.41, 5.74) is 3.99. The number of carbonyl (C=O) groups excluding carboxylic acids is 1. The van der Waals surface area contributed by atoms with Crippen LogP contribution < -0.4 is 5.32 Å². The van der Waals surface area contributed by atoms with Crippen LogP contribution in [0, 0.1) is 0 Å². The Kier molecular flexibility index (Phi) is 4.39. The summed E-state index contributed by atoms with van der Waals surface area (Å²) in [5.74, 6) is -0.903. The van der Waals surface area contributed by atoms with Crippen molar-refractivity contribution < 1.29 is 14.7 Å². The first kappa shape index (κ1) is 17.3. The van der Waals surface area contributed by atoms with Crippen LogP contribution in [0.2, 0.25) is 0 Å². The van der Waals surface area contributed by atoms with E-state index >= 15 is 0 Å². The summed E-state index contributed by atoms with van der Waals surface area (Å²) in [6.07, 6.45) is 2.33. The molecule has 4 rings (SSSR count). The van der Waals surface area contributed by atoms with Gasteiger partial charge in [-0.25, -0.2) is 4.79 Å². The molecule has 2 aliphatic heterocycles. The molecule has 2 N–H and O–H groups in total. The normalized spacial score (nSPS) is 21.1. The molecule has 138 valence electrons. The number of carbonyl (C=O) groups is 2. The highest BCUT2D eigenvalue weighted by Gasteiger charge is 2.41. The van der Waals surface area contributed by atoms with E-state index in [0.29, 0.717) is 18.7 Å². The molecule has 3 heterocycles. The van der Waals surface area contributed by atoms with Crippen molar-refractivity contribution in [3.63, 3.8) is 0 Å². The van der Waals surface area contributed by atoms with Crippen LogP contribution in [-0.2, 0) is 0 Å². The topological polar surface area (TPSA) is 82.5 Å². The average molecular weight is 363 g/mol. The third kappa shape index (κ3) is 3.07. The highest BCUT2D eigenvalue weighted by Crippen LogP contribution is 2.39. The summed E-state index contributed by atoms with van der Waals surface area (Å²) in [4.78, 5) is 30.1. The molecule has 27 heavy (non-hydrogen) atoms. The Balaban J connectivity index is 1.57. The molecule has 2 aliphatic rings. The Bertz CT molecular complexity index is 906. The largest absolute Gasteiger partial charge is 0.478 e. The van der Waals surface area contributed by atoms with Gasteiger partial charge in [0.1, 0.15) is 0 Å². The third-order valence-electron chi connectivity index (χ3n) is 5.33. The van der Waals surface area contributed by atoms with Gasteiger partial charge in [0, 0.05) is 41.7 Å². The molecule has 6 heteroatoms. The van der Waals surface area contributed by atoms with E-state index < -0.39 is 5.97 Å². The highest BCUT2D eigenvalue weighted by molar-refractivity contribution is 5.95. The number of hydrogen-bond donors (Lipinski definition) is 2. The van der Waals surface area contributed by atoms with E-state index in [0.717, 1.165) is 17.8 Å². The van der Waals surface area contributed by atoms with Crippen molar-refractivity contribution in [1.82, 2.24) is 15.2 Å². The molecule has 1 aromatic carbocycles. The van der Waals surface area contributed by atoms with Crippen LogP contribution in [0.4, 0.5) is 0 Å². The number of carboxylic acid groups (broad SMARTS) is 1. The second kappa shape index (κ2) is 6.87. The quantitative estimate of drug-likeness (QED) is 0.873. The molecule has 2 unspecified atom stereocenters. The fraction of sp³-hybridized carbons (Fsp3) is 0.286. The van der Waals surface area contributed by atoms with Crippen molar-refractivity contribution in [2.75, 3.05) is 13.1 Å². The minimum absolute atomic E-state index is 0.0211. The predicted octanol–water partition coefficient (Wildman–Crippen LogP) is 2.66. The van der Waals surface area contributed by atoms with Gasteiger partial charge in [0.15, 0.2) is 0 Å². The van der Waals surface area contributed by atoms with E-state index in [1.165, 1.54) is 11.8 Å². The smallest absolute Gasteiger partial charge is 0.337 e. The van der Waals surface area contributed by atoms with Crippen LogP contribution >= 0.6 is 0 Å². The van der Waals surface area contributed by atoms with Gasteiger partial charge in [0.05, 0.1) is 12.1 Å². The Hall–Kier alpha value is -3.15. The lowest BCUT2D eigenvalue weighted by molar-refractivity contribution is 0.0695. The fourth-order valence-electron chi connectivity index (χ4n) is 3.97. The lowest BCUT2D eigenvalue weighted by Gasteiger charge is -2.26. The number of benzene rings is 1. The Labute approximate surface area is 157 Å². The Morgan fingerprint density at radius 2 is 1.93 bits per heavy atom. The lowest BCUT2D eigenvalue weighted by Crippen LogP contribution is -2.37. The van der Waals surface area contributed by atoms with E-state index in [1.807, 2.05) is 35.2 Å². The maximum absolute atomic E-state index is 12.8. The van der Waals surface area contributed by atoms with Crippen molar-refractivity contribution in [1.29, 1.82) is 0 Å². The molecule has 2 aromatic rings. The maximum atomic E-state index is 12.8. The van der Waals surface area contributed by atoms with Crippen LogP contribution in [0.15, 0.2) is 59.9 Å². The third-order valence-corrected chi connectivity index (χ3v) is 5.33. The first-order chi connectivity index (χ1) is 13.1. The average Bonchev–Trinajstić information content (AvgIpc) is 3.25. The molecule has 1 amide bonds. The number of pyridine rings is 1. The van der Waals surface area contributed by atoms with Crippen molar-refractivity contribution in [3.05, 3.63) is 76.8 Å². The van der Waals surface area contributed by atoms with Crippen LogP contribution in [0.1, 0.15) is 45.7 Å². The molecule has 0 fully saturated rings. The number of aromatic carboxylic acids is 1. The Morgan fingerprint density at radius 1 is 1.15 bits per heavy atom. The van der Waals surface area contributed by atoms with E-state index in [4.69, 9.17) is 5.11 Å². The van der Waals surface area contributed by atoms with Crippen molar-refractivity contribution in [3.8, 4) is 0 Å². The highest BCUT2D eigenvalue weighted by atomic mass is 16.4.